The zero-order valence-corrected chi connectivity index (χ0v) is 16.5. The van der Waals surface area contributed by atoms with E-state index < -0.39 is 0 Å². The maximum absolute atomic E-state index is 13.2. The molecule has 0 saturated carbocycles. The fourth-order valence-electron chi connectivity index (χ4n) is 4.09. The van der Waals surface area contributed by atoms with Crippen LogP contribution in [-0.2, 0) is 22.6 Å². The van der Waals surface area contributed by atoms with E-state index in [2.05, 4.69) is 20.4 Å². The van der Waals surface area contributed by atoms with Crippen molar-refractivity contribution in [3.8, 4) is 0 Å². The Morgan fingerprint density at radius 2 is 1.97 bits per heavy atom. The van der Waals surface area contributed by atoms with Crippen molar-refractivity contribution in [3.63, 3.8) is 0 Å². The molecule has 0 N–H and O–H groups in total. The van der Waals surface area contributed by atoms with Crippen molar-refractivity contribution in [2.75, 3.05) is 32.8 Å². The van der Waals surface area contributed by atoms with Gasteiger partial charge in [-0.3, -0.25) is 9.69 Å². The number of carbonyl (C=O) groups is 1. The minimum absolute atomic E-state index is 0.0491. The molecule has 0 spiro atoms. The Balaban J connectivity index is 1.29. The maximum Gasteiger partial charge on any atom is 0.223 e. The van der Waals surface area contributed by atoms with Gasteiger partial charge in [0, 0.05) is 32.6 Å². The van der Waals surface area contributed by atoms with Crippen LogP contribution in [-0.4, -0.2) is 68.8 Å². The number of morpholine rings is 1. The third-order valence-corrected chi connectivity index (χ3v) is 5.66. The van der Waals surface area contributed by atoms with Gasteiger partial charge in [-0.15, -0.1) is 5.10 Å². The molecule has 1 unspecified atom stereocenters. The number of rotatable bonds is 7. The highest BCUT2D eigenvalue weighted by Crippen LogP contribution is 2.32. The number of ether oxygens (including phenoxy) is 1. The molecule has 0 radical (unpaired) electrons. The highest BCUT2D eigenvalue weighted by molar-refractivity contribution is 5.77. The van der Waals surface area contributed by atoms with E-state index in [0.717, 1.165) is 57.1 Å². The van der Waals surface area contributed by atoms with E-state index in [1.54, 1.807) is 16.8 Å². The van der Waals surface area contributed by atoms with Crippen molar-refractivity contribution in [1.82, 2.24) is 30.0 Å². The summed E-state index contributed by atoms with van der Waals surface area (Å²) in [5, 5.41) is 12.0. The van der Waals surface area contributed by atoms with Crippen molar-refractivity contribution < 1.29 is 13.9 Å². The molecule has 1 amide bonds. The molecule has 0 bridgehead atoms. The second kappa shape index (κ2) is 9.41. The first-order valence-corrected chi connectivity index (χ1v) is 10.3. The van der Waals surface area contributed by atoms with Gasteiger partial charge in [0.2, 0.25) is 5.91 Å². The number of benzene rings is 1. The minimum Gasteiger partial charge on any atom is -0.379 e. The minimum atomic E-state index is -0.251. The average molecular weight is 402 g/mol. The number of tetrazole rings is 1. The summed E-state index contributed by atoms with van der Waals surface area (Å²) in [4.78, 5) is 17.0. The maximum atomic E-state index is 13.2. The Morgan fingerprint density at radius 3 is 2.76 bits per heavy atom. The largest absolute Gasteiger partial charge is 0.379 e. The van der Waals surface area contributed by atoms with Crippen LogP contribution in [0.15, 0.2) is 24.3 Å². The number of hydrogen-bond donors (Lipinski definition) is 0. The molecule has 156 valence electrons. The number of nitrogens with zero attached hydrogens (tertiary/aromatic N) is 6. The molecule has 2 aliphatic heterocycles. The van der Waals surface area contributed by atoms with Gasteiger partial charge in [-0.2, -0.15) is 0 Å². The normalized spacial score (nSPS) is 20.3. The number of aryl methyl sites for hydroxylation is 1. The summed E-state index contributed by atoms with van der Waals surface area (Å²) >= 11 is 0. The van der Waals surface area contributed by atoms with Crippen molar-refractivity contribution in [1.29, 1.82) is 0 Å². The van der Waals surface area contributed by atoms with Gasteiger partial charge in [0.1, 0.15) is 5.82 Å². The fourth-order valence-corrected chi connectivity index (χ4v) is 4.09. The van der Waals surface area contributed by atoms with Gasteiger partial charge in [-0.25, -0.2) is 9.07 Å². The standard InChI is InChI=1S/C20H27FN6O2/c21-17-7-5-16(6-8-17)18-3-1-9-26(18)20(28)4-2-10-27-19(22-23-24-27)15-25-11-13-29-14-12-25/h5-8,18H,1-4,9-15H2. The number of hydrogen-bond acceptors (Lipinski definition) is 6. The van der Waals surface area contributed by atoms with Crippen molar-refractivity contribution in [2.45, 2.75) is 44.8 Å². The molecule has 29 heavy (non-hydrogen) atoms. The van der Waals surface area contributed by atoms with E-state index in [1.807, 2.05) is 4.90 Å². The Hall–Kier alpha value is -2.39. The van der Waals surface area contributed by atoms with Gasteiger partial charge in [0.25, 0.3) is 0 Å². The van der Waals surface area contributed by atoms with Gasteiger partial charge in [-0.1, -0.05) is 12.1 Å². The van der Waals surface area contributed by atoms with Crippen molar-refractivity contribution in [2.24, 2.45) is 0 Å². The lowest BCUT2D eigenvalue weighted by Gasteiger charge is -2.26. The van der Waals surface area contributed by atoms with Gasteiger partial charge in [0.05, 0.1) is 25.8 Å². The number of carbonyl (C=O) groups excluding carboxylic acids is 1. The molecule has 2 aromatic rings. The monoisotopic (exact) mass is 402 g/mol. The topological polar surface area (TPSA) is 76.4 Å². The molecule has 2 saturated heterocycles. The van der Waals surface area contributed by atoms with Gasteiger partial charge >= 0.3 is 0 Å². The third-order valence-electron chi connectivity index (χ3n) is 5.66. The van der Waals surface area contributed by atoms with E-state index in [1.165, 1.54) is 12.1 Å². The summed E-state index contributed by atoms with van der Waals surface area (Å²) in [5.41, 5.74) is 1.01. The van der Waals surface area contributed by atoms with E-state index in [-0.39, 0.29) is 17.8 Å². The first kappa shape index (κ1) is 19.9. The first-order chi connectivity index (χ1) is 14.2. The molecular formula is C20H27FN6O2. The van der Waals surface area contributed by atoms with Crippen LogP contribution in [0.3, 0.4) is 0 Å². The van der Waals surface area contributed by atoms with E-state index in [4.69, 9.17) is 4.74 Å². The Labute approximate surface area is 169 Å². The molecule has 4 rings (SSSR count). The molecule has 8 nitrogen and oxygen atoms in total. The van der Waals surface area contributed by atoms with Crippen LogP contribution in [0, 0.1) is 5.82 Å². The van der Waals surface area contributed by atoms with E-state index in [9.17, 15) is 9.18 Å². The summed E-state index contributed by atoms with van der Waals surface area (Å²) in [7, 11) is 0. The van der Waals surface area contributed by atoms with Crippen LogP contribution in [0.1, 0.15) is 43.1 Å². The average Bonchev–Trinajstić information content (AvgIpc) is 3.39. The van der Waals surface area contributed by atoms with Crippen LogP contribution < -0.4 is 0 Å². The quantitative estimate of drug-likeness (QED) is 0.703. The summed E-state index contributed by atoms with van der Waals surface area (Å²) in [6, 6.07) is 6.54. The molecule has 1 aromatic heterocycles. The fraction of sp³-hybridized carbons (Fsp3) is 0.600. The SMILES string of the molecule is O=C(CCCn1nnnc1CN1CCOCC1)N1CCCC1c1ccc(F)cc1. The lowest BCUT2D eigenvalue weighted by molar-refractivity contribution is -0.132. The summed E-state index contributed by atoms with van der Waals surface area (Å²) in [6.07, 6.45) is 3.04. The number of aromatic nitrogens is 4. The van der Waals surface area contributed by atoms with Crippen LogP contribution in [0.2, 0.25) is 0 Å². The third kappa shape index (κ3) is 4.97. The van der Waals surface area contributed by atoms with Gasteiger partial charge in [-0.05, 0) is 47.4 Å². The van der Waals surface area contributed by atoms with Crippen LogP contribution >= 0.6 is 0 Å². The van der Waals surface area contributed by atoms with Gasteiger partial charge < -0.3 is 9.64 Å². The second-order valence-corrected chi connectivity index (χ2v) is 7.61. The predicted molar refractivity (Wildman–Crippen MR) is 103 cm³/mol. The molecule has 2 aliphatic rings. The summed E-state index contributed by atoms with van der Waals surface area (Å²) < 4.78 is 20.4. The zero-order chi connectivity index (χ0) is 20.1. The van der Waals surface area contributed by atoms with E-state index >= 15 is 0 Å². The molecule has 3 heterocycles. The molecule has 9 heteroatoms. The van der Waals surface area contributed by atoms with Crippen LogP contribution in [0.5, 0.6) is 0 Å². The van der Waals surface area contributed by atoms with Crippen molar-refractivity contribution in [3.05, 3.63) is 41.5 Å². The number of halogens is 1. The zero-order valence-electron chi connectivity index (χ0n) is 16.5. The Bertz CT molecular complexity index is 806. The first-order valence-electron chi connectivity index (χ1n) is 10.3. The second-order valence-electron chi connectivity index (χ2n) is 7.61. The molecule has 1 atom stereocenters. The Morgan fingerprint density at radius 1 is 1.17 bits per heavy atom. The highest BCUT2D eigenvalue weighted by Gasteiger charge is 2.29. The smallest absolute Gasteiger partial charge is 0.223 e. The highest BCUT2D eigenvalue weighted by atomic mass is 19.1. The van der Waals surface area contributed by atoms with Gasteiger partial charge in [0.15, 0.2) is 5.82 Å². The molecule has 2 fully saturated rings. The predicted octanol–water partition coefficient (Wildman–Crippen LogP) is 1.79. The number of likely N-dealkylation sites (tertiary alicyclic amines) is 1. The van der Waals surface area contributed by atoms with Crippen molar-refractivity contribution >= 4 is 5.91 Å². The van der Waals surface area contributed by atoms with Crippen LogP contribution in [0.25, 0.3) is 0 Å². The molecule has 1 aromatic carbocycles. The van der Waals surface area contributed by atoms with Crippen LogP contribution in [0.4, 0.5) is 4.39 Å². The lowest BCUT2D eigenvalue weighted by Crippen LogP contribution is -2.36. The summed E-state index contributed by atoms with van der Waals surface area (Å²) in [6.45, 7) is 5.31. The number of amides is 1. The molecular weight excluding hydrogens is 375 g/mol. The molecule has 0 aliphatic carbocycles. The Kier molecular flexibility index (Phi) is 6.46. The lowest BCUT2D eigenvalue weighted by atomic mass is 10.0. The van der Waals surface area contributed by atoms with E-state index in [0.29, 0.717) is 25.9 Å². The summed E-state index contributed by atoms with van der Waals surface area (Å²) in [5.74, 6) is 0.711.